The normalized spacial score (nSPS) is 17.9. The number of fused-ring (bicyclic) bond motifs is 1. The third-order valence-corrected chi connectivity index (χ3v) is 6.01. The van der Waals surface area contributed by atoms with Crippen LogP contribution in [0.2, 0.25) is 0 Å². The van der Waals surface area contributed by atoms with Crippen LogP contribution in [0.1, 0.15) is 42.2 Å². The molecule has 0 aromatic heterocycles. The number of hydrogen-bond donors (Lipinski definition) is 1. The number of nitrogens with one attached hydrogen (secondary N) is 1. The molecule has 1 N–H and O–H groups in total. The monoisotopic (exact) mass is 405 g/mol. The topological polar surface area (TPSA) is 90.9 Å². The van der Waals surface area contributed by atoms with E-state index < -0.39 is 27.6 Å². The van der Waals surface area contributed by atoms with Crippen molar-refractivity contribution >= 4 is 16.0 Å². The highest BCUT2D eigenvalue weighted by Gasteiger charge is 2.36. The van der Waals surface area contributed by atoms with Crippen molar-refractivity contribution in [1.29, 1.82) is 0 Å². The first kappa shape index (κ1) is 20.2. The predicted octanol–water partition coefficient (Wildman–Crippen LogP) is 3.06. The first-order valence-electron chi connectivity index (χ1n) is 8.73. The lowest BCUT2D eigenvalue weighted by molar-refractivity contribution is 0.0600. The van der Waals surface area contributed by atoms with Gasteiger partial charge in [0, 0.05) is 18.1 Å². The fourth-order valence-electron chi connectivity index (χ4n) is 3.23. The Hall–Kier alpha value is -2.58. The number of rotatable bonds is 5. The lowest BCUT2D eigenvalue weighted by Gasteiger charge is -2.37. The fourth-order valence-corrected chi connectivity index (χ4v) is 4.49. The maximum Gasteiger partial charge on any atom is 0.337 e. The molecule has 3 rings (SSSR count). The summed E-state index contributed by atoms with van der Waals surface area (Å²) in [5, 5.41) is 0. The van der Waals surface area contributed by atoms with Crippen molar-refractivity contribution < 1.29 is 27.4 Å². The van der Waals surface area contributed by atoms with Crippen LogP contribution in [0.3, 0.4) is 0 Å². The first-order chi connectivity index (χ1) is 13.1. The molecule has 28 heavy (non-hydrogen) atoms. The number of sulfonamides is 1. The summed E-state index contributed by atoms with van der Waals surface area (Å²) in [5.74, 6) is 0.608. The Morgan fingerprint density at radius 2 is 1.93 bits per heavy atom. The molecule has 0 saturated carbocycles. The third kappa shape index (κ3) is 4.13. The van der Waals surface area contributed by atoms with Crippen molar-refractivity contribution in [3.63, 3.8) is 0 Å². The molecule has 2 aromatic rings. The minimum atomic E-state index is -3.88. The van der Waals surface area contributed by atoms with Gasteiger partial charge in [0.25, 0.3) is 0 Å². The highest BCUT2D eigenvalue weighted by Crippen LogP contribution is 2.41. The van der Waals surface area contributed by atoms with Crippen LogP contribution in [-0.2, 0) is 14.8 Å². The van der Waals surface area contributed by atoms with Crippen LogP contribution in [0.15, 0.2) is 47.4 Å². The Morgan fingerprint density at radius 1 is 1.18 bits per heavy atom. The summed E-state index contributed by atoms with van der Waals surface area (Å²) < 4.78 is 44.6. The van der Waals surface area contributed by atoms with E-state index in [2.05, 4.69) is 9.46 Å². The van der Waals surface area contributed by atoms with E-state index in [9.17, 15) is 13.2 Å². The summed E-state index contributed by atoms with van der Waals surface area (Å²) in [4.78, 5) is 11.7. The molecule has 0 fully saturated rings. The Morgan fingerprint density at radius 3 is 2.61 bits per heavy atom. The first-order valence-corrected chi connectivity index (χ1v) is 10.2. The van der Waals surface area contributed by atoms with Gasteiger partial charge in [-0.1, -0.05) is 12.1 Å². The van der Waals surface area contributed by atoms with E-state index in [0.717, 1.165) is 5.56 Å². The van der Waals surface area contributed by atoms with E-state index in [-0.39, 0.29) is 10.5 Å². The molecule has 7 nitrogen and oxygen atoms in total. The Labute approximate surface area is 164 Å². The van der Waals surface area contributed by atoms with E-state index in [1.54, 1.807) is 25.3 Å². The molecule has 8 heteroatoms. The van der Waals surface area contributed by atoms with Gasteiger partial charge in [-0.15, -0.1) is 0 Å². The van der Waals surface area contributed by atoms with Gasteiger partial charge >= 0.3 is 5.97 Å². The number of benzene rings is 2. The zero-order valence-electron chi connectivity index (χ0n) is 16.2. The van der Waals surface area contributed by atoms with Crippen LogP contribution in [0.5, 0.6) is 11.5 Å². The van der Waals surface area contributed by atoms with Crippen LogP contribution in [0, 0.1) is 0 Å². The van der Waals surface area contributed by atoms with Gasteiger partial charge < -0.3 is 14.2 Å². The SMILES string of the molecule is COC(=O)c1cccc(S(=O)(=O)N[C@H]2CC(C)(C)Oc3cc(OC)ccc32)c1. The standard InChI is InChI=1S/C20H23NO6S/c1-20(2)12-17(16-9-8-14(25-3)11-18(16)27-20)21-28(23,24)15-7-5-6-13(10-15)19(22)26-4/h5-11,17,21H,12H2,1-4H3/t17-/m0/s1. The Balaban J connectivity index is 1.95. The van der Waals surface area contributed by atoms with Crippen molar-refractivity contribution in [2.24, 2.45) is 0 Å². The van der Waals surface area contributed by atoms with Gasteiger partial charge in [-0.2, -0.15) is 0 Å². The average molecular weight is 405 g/mol. The van der Waals surface area contributed by atoms with Crippen LogP contribution in [0.25, 0.3) is 0 Å². The molecule has 0 bridgehead atoms. The highest BCUT2D eigenvalue weighted by atomic mass is 32.2. The maximum absolute atomic E-state index is 13.0. The molecule has 0 radical (unpaired) electrons. The summed E-state index contributed by atoms with van der Waals surface area (Å²) in [5.41, 5.74) is 0.330. The van der Waals surface area contributed by atoms with Gasteiger partial charge in [0.05, 0.1) is 30.7 Å². The molecule has 2 aromatic carbocycles. The molecule has 0 amide bonds. The van der Waals surface area contributed by atoms with Gasteiger partial charge in [-0.05, 0) is 38.1 Å². The molecule has 1 aliphatic heterocycles. The third-order valence-electron chi connectivity index (χ3n) is 4.54. The molecule has 150 valence electrons. The molecule has 0 unspecified atom stereocenters. The summed E-state index contributed by atoms with van der Waals surface area (Å²) >= 11 is 0. The van der Waals surface area contributed by atoms with E-state index in [1.165, 1.54) is 31.4 Å². The molecule has 0 aliphatic carbocycles. The number of methoxy groups -OCH3 is 2. The van der Waals surface area contributed by atoms with Gasteiger partial charge in [0.2, 0.25) is 10.0 Å². The summed E-state index contributed by atoms with van der Waals surface area (Å²) in [6, 6.07) is 10.6. The largest absolute Gasteiger partial charge is 0.497 e. The van der Waals surface area contributed by atoms with Gasteiger partial charge in [-0.3, -0.25) is 0 Å². The zero-order valence-corrected chi connectivity index (χ0v) is 17.0. The Bertz CT molecular complexity index is 1000. The summed E-state index contributed by atoms with van der Waals surface area (Å²) in [6.45, 7) is 3.79. The minimum absolute atomic E-state index is 0.00485. The summed E-state index contributed by atoms with van der Waals surface area (Å²) in [7, 11) is -1.07. The summed E-state index contributed by atoms with van der Waals surface area (Å²) in [6.07, 6.45) is 0.447. The van der Waals surface area contributed by atoms with Crippen LogP contribution >= 0.6 is 0 Å². The number of esters is 1. The van der Waals surface area contributed by atoms with Crippen LogP contribution in [-0.4, -0.2) is 34.2 Å². The van der Waals surface area contributed by atoms with E-state index in [0.29, 0.717) is 17.9 Å². The zero-order chi connectivity index (χ0) is 20.5. The fraction of sp³-hybridized carbons (Fsp3) is 0.350. The van der Waals surface area contributed by atoms with E-state index in [4.69, 9.17) is 9.47 Å². The van der Waals surface area contributed by atoms with Gasteiger partial charge in [0.1, 0.15) is 17.1 Å². The van der Waals surface area contributed by atoms with Crippen molar-refractivity contribution in [3.8, 4) is 11.5 Å². The van der Waals surface area contributed by atoms with Crippen molar-refractivity contribution in [2.45, 2.75) is 36.8 Å². The maximum atomic E-state index is 13.0. The second-order valence-corrected chi connectivity index (χ2v) is 8.88. The van der Waals surface area contributed by atoms with E-state index >= 15 is 0 Å². The van der Waals surface area contributed by atoms with Gasteiger partial charge in [-0.25, -0.2) is 17.9 Å². The molecular weight excluding hydrogens is 382 g/mol. The molecule has 0 spiro atoms. The van der Waals surface area contributed by atoms with Crippen molar-refractivity contribution in [2.75, 3.05) is 14.2 Å². The molecular formula is C20H23NO6S. The van der Waals surface area contributed by atoms with E-state index in [1.807, 2.05) is 13.8 Å². The quantitative estimate of drug-likeness (QED) is 0.769. The molecule has 1 atom stereocenters. The van der Waals surface area contributed by atoms with Crippen molar-refractivity contribution in [3.05, 3.63) is 53.6 Å². The lowest BCUT2D eigenvalue weighted by atomic mass is 9.90. The number of ether oxygens (including phenoxy) is 3. The number of hydrogen-bond acceptors (Lipinski definition) is 6. The minimum Gasteiger partial charge on any atom is -0.497 e. The smallest absolute Gasteiger partial charge is 0.337 e. The number of carbonyl (C=O) groups excluding carboxylic acids is 1. The lowest BCUT2D eigenvalue weighted by Crippen LogP contribution is -2.41. The Kier molecular flexibility index (Phi) is 5.36. The second-order valence-electron chi connectivity index (χ2n) is 7.16. The number of carbonyl (C=O) groups is 1. The highest BCUT2D eigenvalue weighted by molar-refractivity contribution is 7.89. The second kappa shape index (κ2) is 7.44. The molecule has 1 aliphatic rings. The van der Waals surface area contributed by atoms with Crippen LogP contribution < -0.4 is 14.2 Å². The van der Waals surface area contributed by atoms with Crippen LogP contribution in [0.4, 0.5) is 0 Å². The molecule has 1 heterocycles. The predicted molar refractivity (Wildman–Crippen MR) is 103 cm³/mol. The average Bonchev–Trinajstić information content (AvgIpc) is 2.65. The van der Waals surface area contributed by atoms with Crippen molar-refractivity contribution in [1.82, 2.24) is 4.72 Å². The van der Waals surface area contributed by atoms with Gasteiger partial charge in [0.15, 0.2) is 0 Å². The molecule has 0 saturated heterocycles.